The topological polar surface area (TPSA) is 133 Å². The fourth-order valence-corrected chi connectivity index (χ4v) is 4.33. The molecule has 0 atom stereocenters. The van der Waals surface area contributed by atoms with E-state index in [2.05, 4.69) is 27.4 Å². The van der Waals surface area contributed by atoms with E-state index in [1.807, 2.05) is 24.3 Å². The zero-order chi connectivity index (χ0) is 23.8. The van der Waals surface area contributed by atoms with Crippen LogP contribution in [0, 0.1) is 0 Å². The van der Waals surface area contributed by atoms with Crippen LogP contribution in [0.4, 0.5) is 5.13 Å². The minimum Gasteiger partial charge on any atom is -0.465 e. The highest BCUT2D eigenvalue weighted by atomic mass is 35.5. The van der Waals surface area contributed by atoms with Gasteiger partial charge in [-0.3, -0.25) is 4.79 Å². The summed E-state index contributed by atoms with van der Waals surface area (Å²) in [6.45, 7) is 1.92. The lowest BCUT2D eigenvalue weighted by Gasteiger charge is -2.05. The number of nitrogens with two attached hydrogens (primary N) is 2. The first-order valence-corrected chi connectivity index (χ1v) is 11.2. The number of esters is 1. The fourth-order valence-electron chi connectivity index (χ4n) is 3.24. The number of rotatable bonds is 9. The van der Waals surface area contributed by atoms with Crippen LogP contribution in [-0.2, 0) is 35.3 Å². The van der Waals surface area contributed by atoms with Crippen molar-refractivity contribution in [2.24, 2.45) is 16.5 Å². The van der Waals surface area contributed by atoms with E-state index in [9.17, 15) is 9.59 Å². The summed E-state index contributed by atoms with van der Waals surface area (Å²) in [4.78, 5) is 32.9. The van der Waals surface area contributed by atoms with Crippen LogP contribution in [-0.4, -0.2) is 29.9 Å². The standard InChI is InChI=1S/C24H27N5O3S.ClH/c1-15(30)28-24-29-20(12-9-16-3-5-18(6-4-16)14-27-23(25)26)21(33-24)13-17-7-10-19(11-8-17)22(31)32-2;/h3-8,10-11H,9,12-14H2,1-2H3,(H4,25,26,27)(H,28,29,30);1H. The third-order valence-corrected chi connectivity index (χ3v) is 5.93. The number of ether oxygens (including phenoxy) is 1. The Morgan fingerprint density at radius 2 is 1.62 bits per heavy atom. The van der Waals surface area contributed by atoms with Crippen molar-refractivity contribution in [2.75, 3.05) is 12.4 Å². The van der Waals surface area contributed by atoms with Gasteiger partial charge in [-0.1, -0.05) is 36.4 Å². The SMILES string of the molecule is COC(=O)c1ccc(Cc2sc(NC(C)=O)nc2CCc2ccc(CN=C(N)N)cc2)cc1.Cl. The van der Waals surface area contributed by atoms with E-state index in [0.717, 1.165) is 34.5 Å². The molecule has 1 heterocycles. The van der Waals surface area contributed by atoms with Crippen LogP contribution < -0.4 is 16.8 Å². The van der Waals surface area contributed by atoms with E-state index in [4.69, 9.17) is 16.2 Å². The fraction of sp³-hybridized carbons (Fsp3) is 0.250. The Labute approximate surface area is 208 Å². The van der Waals surface area contributed by atoms with Gasteiger partial charge in [0.2, 0.25) is 5.91 Å². The molecule has 3 aromatic rings. The maximum atomic E-state index is 11.7. The predicted molar refractivity (Wildman–Crippen MR) is 138 cm³/mol. The first kappa shape index (κ1) is 26.8. The summed E-state index contributed by atoms with van der Waals surface area (Å²) < 4.78 is 4.75. The molecule has 0 aliphatic heterocycles. The third-order valence-electron chi connectivity index (χ3n) is 4.92. The molecule has 0 aliphatic carbocycles. The number of nitrogens with zero attached hydrogens (tertiary/aromatic N) is 2. The molecule has 3 rings (SSSR count). The highest BCUT2D eigenvalue weighted by Gasteiger charge is 2.14. The Balaban J connectivity index is 0.00000408. The summed E-state index contributed by atoms with van der Waals surface area (Å²) in [5.41, 5.74) is 15.5. The molecule has 1 aromatic heterocycles. The second kappa shape index (κ2) is 12.7. The number of amides is 1. The highest BCUT2D eigenvalue weighted by Crippen LogP contribution is 2.27. The summed E-state index contributed by atoms with van der Waals surface area (Å²) in [6, 6.07) is 15.5. The average molecular weight is 502 g/mol. The number of guanidine groups is 1. The number of carbonyl (C=O) groups is 2. The molecule has 0 fully saturated rings. The van der Waals surface area contributed by atoms with E-state index in [0.29, 0.717) is 23.7 Å². The molecule has 10 heteroatoms. The molecule has 0 radical (unpaired) electrons. The molecule has 0 saturated heterocycles. The van der Waals surface area contributed by atoms with Gasteiger partial charge in [-0.25, -0.2) is 14.8 Å². The van der Waals surface area contributed by atoms with Gasteiger partial charge >= 0.3 is 5.97 Å². The van der Waals surface area contributed by atoms with Gasteiger partial charge in [-0.15, -0.1) is 23.7 Å². The Morgan fingerprint density at radius 1 is 1.00 bits per heavy atom. The zero-order valence-electron chi connectivity index (χ0n) is 19.0. The van der Waals surface area contributed by atoms with Crippen molar-refractivity contribution in [3.8, 4) is 0 Å². The number of benzene rings is 2. The van der Waals surface area contributed by atoms with Crippen LogP contribution >= 0.6 is 23.7 Å². The number of halogens is 1. The molecule has 5 N–H and O–H groups in total. The summed E-state index contributed by atoms with van der Waals surface area (Å²) >= 11 is 1.47. The van der Waals surface area contributed by atoms with Crippen molar-refractivity contribution < 1.29 is 14.3 Å². The molecule has 34 heavy (non-hydrogen) atoms. The lowest BCUT2D eigenvalue weighted by molar-refractivity contribution is -0.114. The number of nitrogens with one attached hydrogen (secondary N) is 1. The van der Waals surface area contributed by atoms with Gasteiger partial charge in [-0.2, -0.15) is 0 Å². The van der Waals surface area contributed by atoms with Crippen molar-refractivity contribution in [1.29, 1.82) is 0 Å². The normalized spacial score (nSPS) is 10.2. The number of thiazole rings is 1. The average Bonchev–Trinajstić information content (AvgIpc) is 3.17. The Kier molecular flexibility index (Phi) is 10.0. The molecule has 180 valence electrons. The van der Waals surface area contributed by atoms with Gasteiger partial charge in [0.1, 0.15) is 0 Å². The number of hydrogen-bond donors (Lipinski definition) is 3. The third kappa shape index (κ3) is 7.86. The second-order valence-corrected chi connectivity index (χ2v) is 8.58. The number of hydrogen-bond acceptors (Lipinski definition) is 6. The van der Waals surface area contributed by atoms with Crippen LogP contribution in [0.15, 0.2) is 53.5 Å². The Morgan fingerprint density at radius 3 is 2.21 bits per heavy atom. The summed E-state index contributed by atoms with van der Waals surface area (Å²) in [5, 5.41) is 3.38. The number of methoxy groups -OCH3 is 1. The van der Waals surface area contributed by atoms with Gasteiger partial charge < -0.3 is 21.5 Å². The summed E-state index contributed by atoms with van der Waals surface area (Å²) in [7, 11) is 1.36. The molecule has 8 nitrogen and oxygen atoms in total. The molecular formula is C24H28ClN5O3S. The molecule has 1 amide bonds. The van der Waals surface area contributed by atoms with Crippen molar-refractivity contribution >= 4 is 46.7 Å². The number of anilines is 1. The molecule has 0 saturated carbocycles. The molecule has 0 aliphatic rings. The molecule has 0 bridgehead atoms. The van der Waals surface area contributed by atoms with Crippen LogP contribution in [0.2, 0.25) is 0 Å². The molecular weight excluding hydrogens is 474 g/mol. The summed E-state index contributed by atoms with van der Waals surface area (Å²) in [5.74, 6) is -0.442. The van der Waals surface area contributed by atoms with Crippen LogP contribution in [0.25, 0.3) is 0 Å². The van der Waals surface area contributed by atoms with Gasteiger partial charge in [-0.05, 0) is 41.7 Å². The largest absolute Gasteiger partial charge is 0.465 e. The first-order chi connectivity index (χ1) is 15.8. The molecule has 2 aromatic carbocycles. The van der Waals surface area contributed by atoms with E-state index in [1.165, 1.54) is 30.9 Å². The maximum Gasteiger partial charge on any atom is 0.337 e. The van der Waals surface area contributed by atoms with Crippen molar-refractivity contribution in [3.05, 3.63) is 81.4 Å². The van der Waals surface area contributed by atoms with Gasteiger partial charge in [0.05, 0.1) is 24.9 Å². The van der Waals surface area contributed by atoms with E-state index >= 15 is 0 Å². The van der Waals surface area contributed by atoms with Gasteiger partial charge in [0.15, 0.2) is 11.1 Å². The second-order valence-electron chi connectivity index (χ2n) is 7.49. The number of aromatic nitrogens is 1. The van der Waals surface area contributed by atoms with Crippen molar-refractivity contribution in [1.82, 2.24) is 4.98 Å². The van der Waals surface area contributed by atoms with Crippen molar-refractivity contribution in [3.63, 3.8) is 0 Å². The van der Waals surface area contributed by atoms with E-state index in [1.54, 1.807) is 12.1 Å². The minimum atomic E-state index is -0.364. The Hall–Kier alpha value is -3.43. The van der Waals surface area contributed by atoms with Gasteiger partial charge in [0, 0.05) is 18.2 Å². The van der Waals surface area contributed by atoms with E-state index < -0.39 is 0 Å². The van der Waals surface area contributed by atoms with E-state index in [-0.39, 0.29) is 30.2 Å². The lowest BCUT2D eigenvalue weighted by atomic mass is 10.0. The van der Waals surface area contributed by atoms with Crippen LogP contribution in [0.3, 0.4) is 0 Å². The monoisotopic (exact) mass is 501 g/mol. The highest BCUT2D eigenvalue weighted by molar-refractivity contribution is 7.15. The lowest BCUT2D eigenvalue weighted by Crippen LogP contribution is -2.22. The molecule has 0 spiro atoms. The number of aryl methyl sites for hydroxylation is 2. The Bertz CT molecular complexity index is 1140. The zero-order valence-corrected chi connectivity index (χ0v) is 20.7. The molecule has 0 unspecified atom stereocenters. The van der Waals surface area contributed by atoms with Crippen molar-refractivity contribution in [2.45, 2.75) is 32.7 Å². The van der Waals surface area contributed by atoms with Crippen LogP contribution in [0.5, 0.6) is 0 Å². The quantitative estimate of drug-likeness (QED) is 0.233. The summed E-state index contributed by atoms with van der Waals surface area (Å²) in [6.07, 6.45) is 2.20. The van der Waals surface area contributed by atoms with Crippen LogP contribution in [0.1, 0.15) is 44.5 Å². The minimum absolute atomic E-state index is 0. The maximum absolute atomic E-state index is 11.7. The predicted octanol–water partition coefficient (Wildman–Crippen LogP) is 3.46. The number of carbonyl (C=O) groups excluding carboxylic acids is 2. The number of aliphatic imine (C=N–C) groups is 1. The first-order valence-electron chi connectivity index (χ1n) is 10.4. The smallest absolute Gasteiger partial charge is 0.337 e. The van der Waals surface area contributed by atoms with Gasteiger partial charge in [0.25, 0.3) is 0 Å².